The fraction of sp³-hybridized carbons (Fsp3) is 0.118. The molecule has 3 rings (SSSR count). The zero-order valence-corrected chi connectivity index (χ0v) is 14.2. The standard InChI is InChI=1S/C17H16N4O3S/c1-2-24-14-7-10(3-6-13(14)22)9-19-21-16(23)11-4-5-12-15(8-11)25-17(18)20-12/h3-9,22H,2H2,1H3,(H2,18,20)(H,21,23)/b19-9-. The van der Waals surface area contributed by atoms with E-state index in [0.29, 0.717) is 28.6 Å². The van der Waals surface area contributed by atoms with Gasteiger partial charge in [-0.15, -0.1) is 0 Å². The number of aromatic hydroxyl groups is 1. The lowest BCUT2D eigenvalue weighted by Gasteiger charge is -2.06. The van der Waals surface area contributed by atoms with Crippen LogP contribution in [0.5, 0.6) is 11.5 Å². The van der Waals surface area contributed by atoms with Crippen molar-refractivity contribution in [1.82, 2.24) is 10.4 Å². The molecule has 0 aliphatic rings. The number of aromatic nitrogens is 1. The first-order chi connectivity index (χ1) is 12.1. The summed E-state index contributed by atoms with van der Waals surface area (Å²) in [6.45, 7) is 2.27. The topological polar surface area (TPSA) is 110 Å². The third-order valence-corrected chi connectivity index (χ3v) is 4.18. The number of benzene rings is 2. The van der Waals surface area contributed by atoms with E-state index in [1.807, 2.05) is 6.92 Å². The summed E-state index contributed by atoms with van der Waals surface area (Å²) >= 11 is 1.32. The Balaban J connectivity index is 1.70. The lowest BCUT2D eigenvalue weighted by molar-refractivity contribution is 0.0955. The Hall–Kier alpha value is -3.13. The maximum atomic E-state index is 12.2. The molecule has 0 unspecified atom stereocenters. The maximum Gasteiger partial charge on any atom is 0.271 e. The molecule has 0 bridgehead atoms. The number of carbonyl (C=O) groups excluding carboxylic acids is 1. The normalized spacial score (nSPS) is 11.1. The van der Waals surface area contributed by atoms with Gasteiger partial charge < -0.3 is 15.6 Å². The number of nitrogens with two attached hydrogens (primary N) is 1. The molecular weight excluding hydrogens is 340 g/mol. The summed E-state index contributed by atoms with van der Waals surface area (Å²) < 4.78 is 6.14. The van der Waals surface area contributed by atoms with Crippen molar-refractivity contribution in [1.29, 1.82) is 0 Å². The van der Waals surface area contributed by atoms with Crippen molar-refractivity contribution in [3.05, 3.63) is 47.5 Å². The van der Waals surface area contributed by atoms with Crippen molar-refractivity contribution in [2.75, 3.05) is 12.3 Å². The van der Waals surface area contributed by atoms with E-state index in [1.165, 1.54) is 23.6 Å². The summed E-state index contributed by atoms with van der Waals surface area (Å²) in [6.07, 6.45) is 1.48. The average Bonchev–Trinajstić information content (AvgIpc) is 2.97. The number of hydrogen-bond acceptors (Lipinski definition) is 7. The Morgan fingerprint density at radius 1 is 1.40 bits per heavy atom. The SMILES string of the molecule is CCOc1cc(/C=N\NC(=O)c2ccc3nc(N)sc3c2)ccc1O. The summed E-state index contributed by atoms with van der Waals surface area (Å²) in [5.41, 5.74) is 10.0. The molecule has 0 radical (unpaired) electrons. The van der Waals surface area contributed by atoms with Gasteiger partial charge in [-0.3, -0.25) is 4.79 Å². The van der Waals surface area contributed by atoms with E-state index in [9.17, 15) is 9.90 Å². The van der Waals surface area contributed by atoms with Crippen LogP contribution in [-0.2, 0) is 0 Å². The molecule has 25 heavy (non-hydrogen) atoms. The minimum atomic E-state index is -0.339. The predicted octanol–water partition coefficient (Wildman–Crippen LogP) is 2.75. The van der Waals surface area contributed by atoms with Gasteiger partial charge in [-0.1, -0.05) is 11.3 Å². The molecule has 7 nitrogen and oxygen atoms in total. The second-order valence-corrected chi connectivity index (χ2v) is 6.16. The van der Waals surface area contributed by atoms with Crippen LogP contribution in [0, 0.1) is 0 Å². The molecule has 0 saturated heterocycles. The summed E-state index contributed by atoms with van der Waals surface area (Å²) in [7, 11) is 0. The number of nitrogen functional groups attached to an aromatic ring is 1. The largest absolute Gasteiger partial charge is 0.504 e. The van der Waals surface area contributed by atoms with Crippen LogP contribution in [0.2, 0.25) is 0 Å². The van der Waals surface area contributed by atoms with Gasteiger partial charge in [0, 0.05) is 5.56 Å². The maximum absolute atomic E-state index is 12.2. The zero-order chi connectivity index (χ0) is 17.8. The molecular formula is C17H16N4O3S. The Morgan fingerprint density at radius 2 is 2.24 bits per heavy atom. The first kappa shape index (κ1) is 16.7. The number of phenols is 1. The number of nitrogens with one attached hydrogen (secondary N) is 1. The third-order valence-electron chi connectivity index (χ3n) is 3.33. The van der Waals surface area contributed by atoms with Crippen LogP contribution in [-0.4, -0.2) is 28.8 Å². The molecule has 4 N–H and O–H groups in total. The zero-order valence-electron chi connectivity index (χ0n) is 13.4. The van der Waals surface area contributed by atoms with Gasteiger partial charge >= 0.3 is 0 Å². The smallest absolute Gasteiger partial charge is 0.271 e. The van der Waals surface area contributed by atoms with Crippen molar-refractivity contribution in [3.8, 4) is 11.5 Å². The van der Waals surface area contributed by atoms with Crippen molar-refractivity contribution < 1.29 is 14.6 Å². The minimum Gasteiger partial charge on any atom is -0.504 e. The lowest BCUT2D eigenvalue weighted by atomic mass is 10.2. The molecule has 128 valence electrons. The van der Waals surface area contributed by atoms with E-state index in [1.54, 1.807) is 30.3 Å². The number of hydrogen-bond donors (Lipinski definition) is 3. The van der Waals surface area contributed by atoms with Gasteiger partial charge in [0.1, 0.15) is 0 Å². The molecule has 0 saturated carbocycles. The first-order valence-corrected chi connectivity index (χ1v) is 8.33. The van der Waals surface area contributed by atoms with Gasteiger partial charge in [-0.2, -0.15) is 5.10 Å². The lowest BCUT2D eigenvalue weighted by Crippen LogP contribution is -2.17. The fourth-order valence-corrected chi connectivity index (χ4v) is 2.97. The molecule has 0 aliphatic carbocycles. The van der Waals surface area contributed by atoms with E-state index in [-0.39, 0.29) is 11.7 Å². The highest BCUT2D eigenvalue weighted by molar-refractivity contribution is 7.22. The predicted molar refractivity (Wildman–Crippen MR) is 98.4 cm³/mol. The van der Waals surface area contributed by atoms with Gasteiger partial charge in [0.25, 0.3) is 5.91 Å². The number of ether oxygens (including phenoxy) is 1. The number of hydrazone groups is 1. The van der Waals surface area contributed by atoms with Crippen molar-refractivity contribution >= 4 is 38.8 Å². The van der Waals surface area contributed by atoms with Gasteiger partial charge in [0.05, 0.1) is 23.0 Å². The first-order valence-electron chi connectivity index (χ1n) is 7.52. The number of thiazole rings is 1. The third kappa shape index (κ3) is 3.86. The summed E-state index contributed by atoms with van der Waals surface area (Å²) in [4.78, 5) is 16.3. The van der Waals surface area contributed by atoms with Crippen molar-refractivity contribution in [3.63, 3.8) is 0 Å². The van der Waals surface area contributed by atoms with Gasteiger partial charge in [-0.05, 0) is 48.9 Å². The summed E-state index contributed by atoms with van der Waals surface area (Å²) in [6, 6.07) is 9.95. The van der Waals surface area contributed by atoms with E-state index in [2.05, 4.69) is 15.5 Å². The number of anilines is 1. The van der Waals surface area contributed by atoms with Crippen molar-refractivity contribution in [2.45, 2.75) is 6.92 Å². The second kappa shape index (κ2) is 7.18. The van der Waals surface area contributed by atoms with Crippen LogP contribution in [0.1, 0.15) is 22.8 Å². The molecule has 1 aromatic heterocycles. The molecule has 0 spiro atoms. The summed E-state index contributed by atoms with van der Waals surface area (Å²) in [5, 5.41) is 14.1. The minimum absolute atomic E-state index is 0.0557. The number of phenolic OH excluding ortho intramolecular Hbond substituents is 1. The Kier molecular flexibility index (Phi) is 4.80. The monoisotopic (exact) mass is 356 g/mol. The molecule has 0 fully saturated rings. The van der Waals surface area contributed by atoms with Crippen LogP contribution in [0.4, 0.5) is 5.13 Å². The number of carbonyl (C=O) groups is 1. The number of amides is 1. The van der Waals surface area contributed by atoms with Gasteiger partial charge in [-0.25, -0.2) is 10.4 Å². The molecule has 8 heteroatoms. The second-order valence-electron chi connectivity index (χ2n) is 5.09. The van der Waals surface area contributed by atoms with E-state index in [4.69, 9.17) is 10.5 Å². The van der Waals surface area contributed by atoms with Crippen LogP contribution in [0.25, 0.3) is 10.2 Å². The Labute approximate surface area is 147 Å². The number of nitrogens with zero attached hydrogens (tertiary/aromatic N) is 2. The van der Waals surface area contributed by atoms with E-state index >= 15 is 0 Å². The van der Waals surface area contributed by atoms with Crippen LogP contribution in [0.15, 0.2) is 41.5 Å². The molecule has 0 aliphatic heterocycles. The highest BCUT2D eigenvalue weighted by atomic mass is 32.1. The Bertz CT molecular complexity index is 952. The molecule has 2 aromatic carbocycles. The van der Waals surface area contributed by atoms with Crippen molar-refractivity contribution in [2.24, 2.45) is 5.10 Å². The quantitative estimate of drug-likeness (QED) is 0.481. The van der Waals surface area contributed by atoms with E-state index in [0.717, 1.165) is 10.2 Å². The molecule has 3 aromatic rings. The molecule has 1 heterocycles. The van der Waals surface area contributed by atoms with Gasteiger partial charge in [0.15, 0.2) is 16.6 Å². The average molecular weight is 356 g/mol. The molecule has 0 atom stereocenters. The fourth-order valence-electron chi connectivity index (χ4n) is 2.20. The van der Waals surface area contributed by atoms with Crippen LogP contribution >= 0.6 is 11.3 Å². The number of fused-ring (bicyclic) bond motifs is 1. The highest BCUT2D eigenvalue weighted by Crippen LogP contribution is 2.26. The highest BCUT2D eigenvalue weighted by Gasteiger charge is 2.08. The van der Waals surface area contributed by atoms with E-state index < -0.39 is 0 Å². The van der Waals surface area contributed by atoms with Crippen LogP contribution in [0.3, 0.4) is 0 Å². The summed E-state index contributed by atoms with van der Waals surface area (Å²) in [5.74, 6) is 0.0834. The van der Waals surface area contributed by atoms with Gasteiger partial charge in [0.2, 0.25) is 0 Å². The van der Waals surface area contributed by atoms with Crippen LogP contribution < -0.4 is 15.9 Å². The molecule has 1 amide bonds. The number of rotatable bonds is 5. The Morgan fingerprint density at radius 3 is 3.04 bits per heavy atom.